The summed E-state index contributed by atoms with van der Waals surface area (Å²) in [5, 5.41) is 3.45. The largest absolute Gasteiger partial charge is 0.373 e. The van der Waals surface area contributed by atoms with E-state index in [-0.39, 0.29) is 11.5 Å². The van der Waals surface area contributed by atoms with Crippen LogP contribution in [0.2, 0.25) is 0 Å². The third-order valence-corrected chi connectivity index (χ3v) is 3.53. The highest BCUT2D eigenvalue weighted by Crippen LogP contribution is 2.35. The van der Waals surface area contributed by atoms with Gasteiger partial charge in [0.25, 0.3) is 0 Å². The second-order valence-corrected chi connectivity index (χ2v) is 6.99. The molecule has 0 radical (unpaired) electrons. The zero-order valence-corrected chi connectivity index (χ0v) is 14.9. The van der Waals surface area contributed by atoms with E-state index < -0.39 is 0 Å². The van der Waals surface area contributed by atoms with Crippen molar-refractivity contribution in [1.29, 1.82) is 0 Å². The number of ether oxygens (including phenoxy) is 1. The van der Waals surface area contributed by atoms with Crippen LogP contribution in [0.15, 0.2) is 0 Å². The van der Waals surface area contributed by atoms with Gasteiger partial charge in [-0.15, -0.1) is 0 Å². The van der Waals surface area contributed by atoms with Gasteiger partial charge in [-0.1, -0.05) is 41.5 Å². The molecule has 0 amide bonds. The van der Waals surface area contributed by atoms with Crippen molar-refractivity contribution in [3.8, 4) is 0 Å². The molecule has 0 saturated heterocycles. The number of methoxy groups -OCH3 is 1. The normalized spacial score (nSPS) is 13.6. The average molecular weight is 293 g/mol. The third-order valence-electron chi connectivity index (χ3n) is 3.53. The molecule has 1 heterocycles. The van der Waals surface area contributed by atoms with Crippen molar-refractivity contribution in [3.05, 3.63) is 17.1 Å². The Balaban J connectivity index is 3.33. The molecule has 1 rings (SSSR count). The maximum absolute atomic E-state index is 5.66. The van der Waals surface area contributed by atoms with Gasteiger partial charge >= 0.3 is 0 Å². The zero-order valence-electron chi connectivity index (χ0n) is 14.9. The summed E-state index contributed by atoms with van der Waals surface area (Å²) in [7, 11) is 1.73. The van der Waals surface area contributed by atoms with Gasteiger partial charge < -0.3 is 10.1 Å². The second kappa shape index (κ2) is 7.21. The number of nitrogens with one attached hydrogen (secondary N) is 1. The monoisotopic (exact) mass is 293 g/mol. The molecule has 1 atom stereocenters. The topological polar surface area (TPSA) is 47.0 Å². The Hall–Kier alpha value is -1.16. The number of aromatic nitrogens is 2. The second-order valence-electron chi connectivity index (χ2n) is 6.99. The molecule has 0 saturated carbocycles. The van der Waals surface area contributed by atoms with Crippen molar-refractivity contribution in [3.63, 3.8) is 0 Å². The fraction of sp³-hybridized carbons (Fsp3) is 0.765. The van der Waals surface area contributed by atoms with E-state index in [1.807, 2.05) is 0 Å². The summed E-state index contributed by atoms with van der Waals surface area (Å²) >= 11 is 0. The molecular formula is C17H31N3O. The smallest absolute Gasteiger partial charge is 0.160 e. The van der Waals surface area contributed by atoms with Crippen LogP contribution >= 0.6 is 0 Å². The van der Waals surface area contributed by atoms with Gasteiger partial charge in [0.2, 0.25) is 0 Å². The molecule has 0 aliphatic rings. The van der Waals surface area contributed by atoms with E-state index in [1.54, 1.807) is 7.11 Å². The van der Waals surface area contributed by atoms with Gasteiger partial charge in [-0.05, 0) is 24.7 Å². The Morgan fingerprint density at radius 3 is 2.24 bits per heavy atom. The molecule has 21 heavy (non-hydrogen) atoms. The van der Waals surface area contributed by atoms with Crippen LogP contribution < -0.4 is 5.32 Å². The predicted molar refractivity (Wildman–Crippen MR) is 88.8 cm³/mol. The molecular weight excluding hydrogens is 262 g/mol. The summed E-state index contributed by atoms with van der Waals surface area (Å²) < 4.78 is 5.66. The maximum Gasteiger partial charge on any atom is 0.160 e. The molecule has 0 bridgehead atoms. The van der Waals surface area contributed by atoms with Crippen molar-refractivity contribution in [2.75, 3.05) is 19.0 Å². The van der Waals surface area contributed by atoms with Crippen LogP contribution in [0.5, 0.6) is 0 Å². The summed E-state index contributed by atoms with van der Waals surface area (Å²) in [6.07, 6.45) is 0.961. The minimum atomic E-state index is -0.111. The molecule has 1 N–H and O–H groups in total. The number of nitrogens with zero attached hydrogens (tertiary/aromatic N) is 2. The van der Waals surface area contributed by atoms with E-state index >= 15 is 0 Å². The molecule has 1 aromatic heterocycles. The number of anilines is 1. The van der Waals surface area contributed by atoms with Crippen LogP contribution in [-0.2, 0) is 4.74 Å². The molecule has 0 spiro atoms. The first-order chi connectivity index (χ1) is 9.72. The van der Waals surface area contributed by atoms with Crippen molar-refractivity contribution >= 4 is 5.82 Å². The number of hydrogen-bond acceptors (Lipinski definition) is 4. The maximum atomic E-state index is 5.66. The molecule has 0 aliphatic heterocycles. The quantitative estimate of drug-likeness (QED) is 0.841. The summed E-state index contributed by atoms with van der Waals surface area (Å²) in [4.78, 5) is 9.51. The Morgan fingerprint density at radius 2 is 1.81 bits per heavy atom. The van der Waals surface area contributed by atoms with Crippen LogP contribution in [-0.4, -0.2) is 23.6 Å². The zero-order chi connectivity index (χ0) is 16.2. The highest BCUT2D eigenvalue weighted by Gasteiger charge is 2.30. The van der Waals surface area contributed by atoms with Crippen LogP contribution in [0.1, 0.15) is 77.1 Å². The number of hydrogen-bond donors (Lipinski definition) is 1. The van der Waals surface area contributed by atoms with Crippen LogP contribution in [0, 0.1) is 12.3 Å². The minimum Gasteiger partial charge on any atom is -0.373 e. The Labute approximate surface area is 129 Å². The predicted octanol–water partition coefficient (Wildman–Crippen LogP) is 4.46. The van der Waals surface area contributed by atoms with E-state index in [9.17, 15) is 0 Å². The first-order valence-electron chi connectivity index (χ1n) is 7.87. The first-order valence-corrected chi connectivity index (χ1v) is 7.87. The van der Waals surface area contributed by atoms with Crippen LogP contribution in [0.3, 0.4) is 0 Å². The SMILES string of the molecule is CCCNc1nc(C(OC)C(C)(C)C)nc(C)c1C(C)C. The highest BCUT2D eigenvalue weighted by atomic mass is 16.5. The van der Waals surface area contributed by atoms with Crippen molar-refractivity contribution in [2.45, 2.75) is 66.9 Å². The van der Waals surface area contributed by atoms with Gasteiger partial charge in [0.1, 0.15) is 11.9 Å². The van der Waals surface area contributed by atoms with Gasteiger partial charge in [-0.2, -0.15) is 0 Å². The van der Waals surface area contributed by atoms with E-state index in [0.29, 0.717) is 5.92 Å². The summed E-state index contributed by atoms with van der Waals surface area (Å²) in [6.45, 7) is 15.9. The lowest BCUT2D eigenvalue weighted by atomic mass is 9.88. The fourth-order valence-electron chi connectivity index (χ4n) is 2.64. The van der Waals surface area contributed by atoms with Gasteiger partial charge in [-0.3, -0.25) is 0 Å². The van der Waals surface area contributed by atoms with E-state index in [2.05, 4.69) is 53.8 Å². The third kappa shape index (κ3) is 4.40. The molecule has 4 heteroatoms. The standard InChI is InChI=1S/C17H31N3O/c1-9-10-18-15-13(11(2)3)12(4)19-16(20-15)14(21-8)17(5,6)7/h11,14H,9-10H2,1-8H3,(H,18,19,20). The molecule has 0 fully saturated rings. The van der Waals surface area contributed by atoms with Crippen molar-refractivity contribution in [1.82, 2.24) is 9.97 Å². The van der Waals surface area contributed by atoms with Crippen LogP contribution in [0.25, 0.3) is 0 Å². The summed E-state index contributed by atoms with van der Waals surface area (Å²) in [5.74, 6) is 2.13. The van der Waals surface area contributed by atoms with Gasteiger partial charge in [0.15, 0.2) is 5.82 Å². The minimum absolute atomic E-state index is 0.0391. The Morgan fingerprint density at radius 1 is 1.19 bits per heavy atom. The van der Waals surface area contributed by atoms with E-state index in [1.165, 1.54) is 5.56 Å². The number of aryl methyl sites for hydroxylation is 1. The fourth-order valence-corrected chi connectivity index (χ4v) is 2.64. The van der Waals surface area contributed by atoms with Crippen molar-refractivity contribution in [2.24, 2.45) is 5.41 Å². The molecule has 120 valence electrons. The van der Waals surface area contributed by atoms with Crippen molar-refractivity contribution < 1.29 is 4.74 Å². The molecule has 0 aliphatic carbocycles. The lowest BCUT2D eigenvalue weighted by Crippen LogP contribution is -2.24. The van der Waals surface area contributed by atoms with Gasteiger partial charge in [-0.25, -0.2) is 9.97 Å². The van der Waals surface area contributed by atoms with Gasteiger partial charge in [0, 0.05) is 24.9 Å². The van der Waals surface area contributed by atoms with E-state index in [0.717, 1.165) is 30.3 Å². The lowest BCUT2D eigenvalue weighted by Gasteiger charge is -2.29. The highest BCUT2D eigenvalue weighted by molar-refractivity contribution is 5.48. The first kappa shape index (κ1) is 17.9. The summed E-state index contributed by atoms with van der Waals surface area (Å²) in [6, 6.07) is 0. The average Bonchev–Trinajstić information content (AvgIpc) is 2.34. The van der Waals surface area contributed by atoms with Gasteiger partial charge in [0.05, 0.1) is 0 Å². The summed E-state index contributed by atoms with van der Waals surface area (Å²) in [5.41, 5.74) is 2.21. The molecule has 4 nitrogen and oxygen atoms in total. The van der Waals surface area contributed by atoms with Crippen LogP contribution in [0.4, 0.5) is 5.82 Å². The lowest BCUT2D eigenvalue weighted by molar-refractivity contribution is 0.00861. The molecule has 0 aromatic carbocycles. The molecule has 1 unspecified atom stereocenters. The Kier molecular flexibility index (Phi) is 6.14. The van der Waals surface area contributed by atoms with E-state index in [4.69, 9.17) is 14.7 Å². The Bertz CT molecular complexity index is 464. The molecule has 1 aromatic rings. The number of rotatable bonds is 6.